The Bertz CT molecular complexity index is 1050. The zero-order chi connectivity index (χ0) is 23.7. The highest BCUT2D eigenvalue weighted by atomic mass is 16.5. The van der Waals surface area contributed by atoms with Crippen molar-refractivity contribution in [2.45, 2.75) is 46.8 Å². The van der Waals surface area contributed by atoms with Crippen molar-refractivity contribution in [1.82, 2.24) is 14.8 Å². The number of aromatic nitrogens is 1. The molecule has 0 saturated carbocycles. The summed E-state index contributed by atoms with van der Waals surface area (Å²) in [6.07, 6.45) is 0.0364. The molecule has 1 amide bonds. The molecule has 0 spiro atoms. The fraction of sp³-hybridized carbons (Fsp3) is 0.440. The molecule has 1 aliphatic rings. The maximum Gasteiger partial charge on any atom is 0.295 e. The number of ether oxygens (including phenoxy) is 1. The van der Waals surface area contributed by atoms with Gasteiger partial charge in [0.15, 0.2) is 0 Å². The topological polar surface area (TPSA) is 85.9 Å². The van der Waals surface area contributed by atoms with Gasteiger partial charge in [-0.05, 0) is 72.0 Å². The fourth-order valence-electron chi connectivity index (χ4n) is 4.16. The largest absolute Gasteiger partial charge is 0.507 e. The van der Waals surface area contributed by atoms with Crippen LogP contribution in [0.3, 0.4) is 0 Å². The van der Waals surface area contributed by atoms with Crippen LogP contribution in [-0.2, 0) is 9.59 Å². The van der Waals surface area contributed by atoms with Crippen molar-refractivity contribution in [3.63, 3.8) is 0 Å². The Kier molecular flexibility index (Phi) is 6.79. The number of benzene rings is 1. The van der Waals surface area contributed by atoms with E-state index in [0.717, 1.165) is 22.5 Å². The molecule has 2 N–H and O–H groups in total. The summed E-state index contributed by atoms with van der Waals surface area (Å²) in [7, 11) is 3.83. The van der Waals surface area contributed by atoms with Gasteiger partial charge in [0.25, 0.3) is 11.7 Å². The Balaban J connectivity index is 2.15. The standard InChI is InChI=1S/C25H33N3O4/c1-14(2)32-19-10-8-18(9-11-19)22-21(23(29)20-15(3)16(4)26-17(20)5)24(30)25(31)28(22)13-12-27(6)7/h8-11,14,22,26,29H,12-13H2,1-7H3/b23-21+. The molecule has 7 heteroatoms. The highest BCUT2D eigenvalue weighted by molar-refractivity contribution is 6.46. The molecule has 0 bridgehead atoms. The first-order valence-electron chi connectivity index (χ1n) is 10.9. The third kappa shape index (κ3) is 4.43. The van der Waals surface area contributed by atoms with Crippen LogP contribution in [0.4, 0.5) is 0 Å². The number of aryl methyl sites for hydroxylation is 2. The summed E-state index contributed by atoms with van der Waals surface area (Å²) in [4.78, 5) is 32.9. The number of carbonyl (C=O) groups is 2. The van der Waals surface area contributed by atoms with E-state index in [-0.39, 0.29) is 17.4 Å². The second kappa shape index (κ2) is 9.20. The van der Waals surface area contributed by atoms with Crippen molar-refractivity contribution in [2.75, 3.05) is 27.2 Å². The Morgan fingerprint density at radius 2 is 1.75 bits per heavy atom. The van der Waals surface area contributed by atoms with E-state index in [1.54, 1.807) is 4.90 Å². The summed E-state index contributed by atoms with van der Waals surface area (Å²) >= 11 is 0. The van der Waals surface area contributed by atoms with Crippen molar-refractivity contribution in [3.8, 4) is 5.75 Å². The molecule has 0 aliphatic carbocycles. The first kappa shape index (κ1) is 23.6. The summed E-state index contributed by atoms with van der Waals surface area (Å²) in [5.41, 5.74) is 3.99. The van der Waals surface area contributed by atoms with Crippen molar-refractivity contribution in [1.29, 1.82) is 0 Å². The zero-order valence-corrected chi connectivity index (χ0v) is 19.9. The summed E-state index contributed by atoms with van der Waals surface area (Å²) in [6.45, 7) is 10.5. The van der Waals surface area contributed by atoms with Crippen LogP contribution in [0.25, 0.3) is 5.76 Å². The van der Waals surface area contributed by atoms with Gasteiger partial charge in [-0.2, -0.15) is 0 Å². The van der Waals surface area contributed by atoms with Crippen molar-refractivity contribution < 1.29 is 19.4 Å². The monoisotopic (exact) mass is 439 g/mol. The van der Waals surface area contributed by atoms with Crippen LogP contribution in [0.2, 0.25) is 0 Å². The number of ketones is 1. The van der Waals surface area contributed by atoms with Crippen LogP contribution in [0.5, 0.6) is 5.75 Å². The molecule has 32 heavy (non-hydrogen) atoms. The lowest BCUT2D eigenvalue weighted by molar-refractivity contribution is -0.140. The Morgan fingerprint density at radius 3 is 2.25 bits per heavy atom. The normalized spacial score (nSPS) is 18.3. The summed E-state index contributed by atoms with van der Waals surface area (Å²) in [6, 6.07) is 6.70. The SMILES string of the molecule is Cc1[nH]c(C)c(/C(O)=C2\C(=O)C(=O)N(CCN(C)C)C2c2ccc(OC(C)C)cc2)c1C. The minimum atomic E-state index is -0.669. The Labute approximate surface area is 189 Å². The lowest BCUT2D eigenvalue weighted by atomic mass is 9.94. The summed E-state index contributed by atoms with van der Waals surface area (Å²) in [5, 5.41) is 11.3. The molecule has 3 rings (SSSR count). The smallest absolute Gasteiger partial charge is 0.295 e. The van der Waals surface area contributed by atoms with E-state index >= 15 is 0 Å². The number of aliphatic hydroxyl groups excluding tert-OH is 1. The van der Waals surface area contributed by atoms with Crippen LogP contribution >= 0.6 is 0 Å². The molecular formula is C25H33N3O4. The van der Waals surface area contributed by atoms with Gasteiger partial charge in [-0.1, -0.05) is 12.1 Å². The molecule has 172 valence electrons. The molecule has 1 saturated heterocycles. The van der Waals surface area contributed by atoms with E-state index in [4.69, 9.17) is 4.74 Å². The van der Waals surface area contributed by atoms with E-state index in [1.165, 1.54) is 0 Å². The number of rotatable bonds is 7. The third-order valence-corrected chi connectivity index (χ3v) is 5.82. The Hall–Kier alpha value is -3.06. The predicted molar refractivity (Wildman–Crippen MR) is 125 cm³/mol. The second-order valence-corrected chi connectivity index (χ2v) is 8.91. The van der Waals surface area contributed by atoms with Gasteiger partial charge in [0, 0.05) is 30.0 Å². The van der Waals surface area contributed by atoms with E-state index in [2.05, 4.69) is 4.98 Å². The van der Waals surface area contributed by atoms with Crippen molar-refractivity contribution >= 4 is 17.4 Å². The molecule has 0 radical (unpaired) electrons. The zero-order valence-electron chi connectivity index (χ0n) is 19.9. The van der Waals surface area contributed by atoms with Gasteiger partial charge in [-0.3, -0.25) is 9.59 Å². The number of likely N-dealkylation sites (tertiary alicyclic amines) is 1. The van der Waals surface area contributed by atoms with Crippen LogP contribution in [0, 0.1) is 20.8 Å². The van der Waals surface area contributed by atoms with Gasteiger partial charge >= 0.3 is 0 Å². The van der Waals surface area contributed by atoms with E-state index in [9.17, 15) is 14.7 Å². The predicted octanol–water partition coefficient (Wildman–Crippen LogP) is 3.71. The molecule has 1 fully saturated rings. The third-order valence-electron chi connectivity index (χ3n) is 5.82. The molecule has 2 aromatic rings. The van der Waals surface area contributed by atoms with Gasteiger partial charge in [-0.15, -0.1) is 0 Å². The number of nitrogens with one attached hydrogen (secondary N) is 1. The number of aliphatic hydroxyl groups is 1. The van der Waals surface area contributed by atoms with Gasteiger partial charge in [-0.25, -0.2) is 0 Å². The number of aromatic amines is 1. The second-order valence-electron chi connectivity index (χ2n) is 8.91. The van der Waals surface area contributed by atoms with E-state index in [0.29, 0.717) is 24.4 Å². The minimum Gasteiger partial charge on any atom is -0.507 e. The first-order chi connectivity index (χ1) is 15.0. The van der Waals surface area contributed by atoms with Gasteiger partial charge in [0.1, 0.15) is 11.5 Å². The number of hydrogen-bond acceptors (Lipinski definition) is 5. The van der Waals surface area contributed by atoms with Crippen LogP contribution < -0.4 is 4.74 Å². The van der Waals surface area contributed by atoms with Gasteiger partial charge < -0.3 is 24.6 Å². The molecular weight excluding hydrogens is 406 g/mol. The van der Waals surface area contributed by atoms with Crippen molar-refractivity contribution in [2.24, 2.45) is 0 Å². The lowest BCUT2D eigenvalue weighted by Gasteiger charge is -2.26. The average Bonchev–Trinajstić information content (AvgIpc) is 3.12. The summed E-state index contributed by atoms with van der Waals surface area (Å²) in [5.74, 6) is -0.681. The molecule has 1 atom stereocenters. The lowest BCUT2D eigenvalue weighted by Crippen LogP contribution is -2.35. The highest BCUT2D eigenvalue weighted by Crippen LogP contribution is 2.41. The molecule has 2 heterocycles. The Morgan fingerprint density at radius 1 is 1.12 bits per heavy atom. The first-order valence-corrected chi connectivity index (χ1v) is 10.9. The average molecular weight is 440 g/mol. The molecule has 1 unspecified atom stereocenters. The van der Waals surface area contributed by atoms with Gasteiger partial charge in [0.05, 0.1) is 17.7 Å². The number of nitrogens with zero attached hydrogens (tertiary/aromatic N) is 2. The fourth-order valence-corrected chi connectivity index (χ4v) is 4.16. The van der Waals surface area contributed by atoms with Gasteiger partial charge in [0.2, 0.25) is 0 Å². The number of amides is 1. The minimum absolute atomic E-state index is 0.0364. The number of likely N-dealkylation sites (N-methyl/N-ethyl adjacent to an activating group) is 1. The number of Topliss-reactive ketones (excluding diaryl/α,β-unsaturated/α-hetero) is 1. The quantitative estimate of drug-likeness (QED) is 0.390. The molecule has 1 aromatic heterocycles. The van der Waals surface area contributed by atoms with E-state index in [1.807, 2.05) is 77.9 Å². The van der Waals surface area contributed by atoms with E-state index < -0.39 is 17.7 Å². The van der Waals surface area contributed by atoms with Crippen molar-refractivity contribution in [3.05, 3.63) is 57.9 Å². The van der Waals surface area contributed by atoms with Crippen LogP contribution in [-0.4, -0.2) is 64.9 Å². The number of hydrogen-bond donors (Lipinski definition) is 2. The number of carbonyl (C=O) groups excluding carboxylic acids is 2. The maximum absolute atomic E-state index is 13.1. The molecule has 1 aromatic carbocycles. The van der Waals surface area contributed by atoms with Crippen LogP contribution in [0.1, 0.15) is 48.0 Å². The summed E-state index contributed by atoms with van der Waals surface area (Å²) < 4.78 is 5.74. The van der Waals surface area contributed by atoms with Crippen LogP contribution in [0.15, 0.2) is 29.8 Å². The maximum atomic E-state index is 13.1. The highest BCUT2D eigenvalue weighted by Gasteiger charge is 2.46. The molecule has 7 nitrogen and oxygen atoms in total. The number of H-pyrrole nitrogens is 1. The molecule has 1 aliphatic heterocycles.